The first kappa shape index (κ1) is 22.0. The molecule has 2 fully saturated rings. The molecule has 1 heterocycles. The van der Waals surface area contributed by atoms with E-state index in [0.29, 0.717) is 32.6 Å². The Bertz CT molecular complexity index is 373. The molecule has 0 aromatic rings. The van der Waals surface area contributed by atoms with E-state index in [-0.39, 0.29) is 24.0 Å². The van der Waals surface area contributed by atoms with Crippen LogP contribution in [0.2, 0.25) is 0 Å². The van der Waals surface area contributed by atoms with Crippen LogP contribution in [0, 0.1) is 11.8 Å². The van der Waals surface area contributed by atoms with E-state index < -0.39 is 5.60 Å². The fourth-order valence-electron chi connectivity index (χ4n) is 3.69. The summed E-state index contributed by atoms with van der Waals surface area (Å²) >= 11 is 0. The summed E-state index contributed by atoms with van der Waals surface area (Å²) in [5.74, 6) is 2.57. The molecule has 0 spiro atoms. The van der Waals surface area contributed by atoms with Crippen molar-refractivity contribution in [1.29, 1.82) is 0 Å². The lowest BCUT2D eigenvalue weighted by molar-refractivity contribution is -0.0565. The van der Waals surface area contributed by atoms with Gasteiger partial charge in [-0.2, -0.15) is 0 Å². The molecule has 142 valence electrons. The Morgan fingerprint density at radius 2 is 2.00 bits per heavy atom. The number of halogens is 1. The van der Waals surface area contributed by atoms with Gasteiger partial charge in [0.1, 0.15) is 0 Å². The van der Waals surface area contributed by atoms with Gasteiger partial charge in [0.25, 0.3) is 0 Å². The Morgan fingerprint density at radius 3 is 2.67 bits per heavy atom. The van der Waals surface area contributed by atoms with E-state index in [9.17, 15) is 5.11 Å². The summed E-state index contributed by atoms with van der Waals surface area (Å²) in [4.78, 5) is 4.60. The van der Waals surface area contributed by atoms with Gasteiger partial charge in [-0.05, 0) is 31.6 Å². The molecule has 1 aliphatic heterocycles. The highest BCUT2D eigenvalue weighted by molar-refractivity contribution is 14.0. The van der Waals surface area contributed by atoms with E-state index in [4.69, 9.17) is 4.74 Å². The molecule has 5 nitrogen and oxygen atoms in total. The number of nitrogens with zero attached hydrogens (tertiary/aromatic N) is 1. The first-order valence-electron chi connectivity index (χ1n) is 9.43. The van der Waals surface area contributed by atoms with Crippen molar-refractivity contribution in [2.75, 3.05) is 32.8 Å². The minimum atomic E-state index is -0.695. The molecule has 0 bridgehead atoms. The lowest BCUT2D eigenvalue weighted by Crippen LogP contribution is -2.43. The van der Waals surface area contributed by atoms with Crippen molar-refractivity contribution in [2.45, 2.75) is 64.4 Å². The van der Waals surface area contributed by atoms with E-state index in [1.807, 2.05) is 0 Å². The number of nitrogens with one attached hydrogen (secondary N) is 2. The zero-order valence-electron chi connectivity index (χ0n) is 15.4. The molecule has 1 saturated heterocycles. The van der Waals surface area contributed by atoms with E-state index in [0.717, 1.165) is 30.9 Å². The van der Waals surface area contributed by atoms with Crippen LogP contribution >= 0.6 is 24.0 Å². The molecule has 2 rings (SSSR count). The van der Waals surface area contributed by atoms with E-state index >= 15 is 0 Å². The molecule has 6 heteroatoms. The van der Waals surface area contributed by atoms with Crippen molar-refractivity contribution >= 4 is 29.9 Å². The summed E-state index contributed by atoms with van der Waals surface area (Å²) < 4.78 is 5.32. The molecule has 3 N–H and O–H groups in total. The Kier molecular flexibility index (Phi) is 10.5. The first-order valence-corrected chi connectivity index (χ1v) is 9.43. The predicted molar refractivity (Wildman–Crippen MR) is 110 cm³/mol. The second-order valence-corrected chi connectivity index (χ2v) is 7.39. The zero-order chi connectivity index (χ0) is 16.5. The summed E-state index contributed by atoms with van der Waals surface area (Å²) in [6, 6.07) is 0. The number of aliphatic hydroxyl groups is 1. The molecular formula is C18H36IN3O2. The molecule has 0 aromatic carbocycles. The lowest BCUT2D eigenvalue weighted by Gasteiger charge is -2.30. The smallest absolute Gasteiger partial charge is 0.191 e. The molecule has 2 aliphatic rings. The van der Waals surface area contributed by atoms with Crippen molar-refractivity contribution in [3.63, 3.8) is 0 Å². The summed E-state index contributed by atoms with van der Waals surface area (Å²) in [6.45, 7) is 7.97. The zero-order valence-corrected chi connectivity index (χ0v) is 17.7. The Hall–Kier alpha value is -0.0800. The van der Waals surface area contributed by atoms with Gasteiger partial charge in [0.15, 0.2) is 5.96 Å². The quantitative estimate of drug-likeness (QED) is 0.329. The topological polar surface area (TPSA) is 65.9 Å². The highest BCUT2D eigenvalue weighted by atomic mass is 127. The molecule has 1 aliphatic carbocycles. The van der Waals surface area contributed by atoms with Gasteiger partial charge in [0.05, 0.1) is 12.1 Å². The van der Waals surface area contributed by atoms with Gasteiger partial charge in [0, 0.05) is 39.1 Å². The minimum Gasteiger partial charge on any atom is -0.388 e. The van der Waals surface area contributed by atoms with Crippen LogP contribution in [-0.2, 0) is 4.74 Å². The molecule has 0 radical (unpaired) electrons. The average Bonchev–Trinajstić information content (AvgIpc) is 2.53. The molecule has 0 aromatic heterocycles. The van der Waals surface area contributed by atoms with Gasteiger partial charge < -0.3 is 20.5 Å². The Balaban J connectivity index is 0.00000288. The fraction of sp³-hybridized carbons (Fsp3) is 0.944. The summed E-state index contributed by atoms with van der Waals surface area (Å²) in [6.07, 6.45) is 8.10. The monoisotopic (exact) mass is 453 g/mol. The third-order valence-corrected chi connectivity index (χ3v) is 5.19. The third-order valence-electron chi connectivity index (χ3n) is 5.19. The van der Waals surface area contributed by atoms with Crippen LogP contribution < -0.4 is 10.6 Å². The Morgan fingerprint density at radius 1 is 1.25 bits per heavy atom. The van der Waals surface area contributed by atoms with Crippen molar-refractivity contribution in [3.05, 3.63) is 0 Å². The maximum atomic E-state index is 10.5. The van der Waals surface area contributed by atoms with Crippen molar-refractivity contribution < 1.29 is 9.84 Å². The van der Waals surface area contributed by atoms with Crippen LogP contribution in [0.3, 0.4) is 0 Å². The Labute approximate surface area is 164 Å². The van der Waals surface area contributed by atoms with Crippen LogP contribution in [0.1, 0.15) is 58.8 Å². The molecular weight excluding hydrogens is 417 g/mol. The molecule has 2 atom stereocenters. The molecule has 2 unspecified atom stereocenters. The maximum absolute atomic E-state index is 10.5. The fourth-order valence-corrected chi connectivity index (χ4v) is 3.69. The lowest BCUT2D eigenvalue weighted by atomic mass is 9.81. The maximum Gasteiger partial charge on any atom is 0.191 e. The van der Waals surface area contributed by atoms with Gasteiger partial charge in [-0.25, -0.2) is 0 Å². The summed E-state index contributed by atoms with van der Waals surface area (Å²) in [7, 11) is 0. The highest BCUT2D eigenvalue weighted by Crippen LogP contribution is 2.30. The van der Waals surface area contributed by atoms with Crippen molar-refractivity contribution in [3.8, 4) is 0 Å². The number of hydrogen-bond donors (Lipinski definition) is 3. The first-order chi connectivity index (χ1) is 11.1. The number of aliphatic imine (C=N–C) groups is 1. The van der Waals surface area contributed by atoms with Crippen LogP contribution in [0.5, 0.6) is 0 Å². The van der Waals surface area contributed by atoms with Gasteiger partial charge in [0.2, 0.25) is 0 Å². The molecule has 1 saturated carbocycles. The van der Waals surface area contributed by atoms with Crippen LogP contribution in [0.4, 0.5) is 0 Å². The summed E-state index contributed by atoms with van der Waals surface area (Å²) in [5.41, 5.74) is -0.695. The number of ether oxygens (including phenoxy) is 1. The predicted octanol–water partition coefficient (Wildman–Crippen LogP) is 2.92. The van der Waals surface area contributed by atoms with Gasteiger partial charge in [-0.15, -0.1) is 24.0 Å². The number of guanidine groups is 1. The van der Waals surface area contributed by atoms with Crippen molar-refractivity contribution in [2.24, 2.45) is 16.8 Å². The van der Waals surface area contributed by atoms with Crippen LogP contribution in [0.25, 0.3) is 0 Å². The average molecular weight is 453 g/mol. The summed E-state index contributed by atoms with van der Waals surface area (Å²) in [5, 5.41) is 17.2. The number of rotatable bonds is 6. The van der Waals surface area contributed by atoms with Gasteiger partial charge in [-0.3, -0.25) is 4.99 Å². The van der Waals surface area contributed by atoms with E-state index in [1.54, 1.807) is 0 Å². The van der Waals surface area contributed by atoms with Gasteiger partial charge in [-0.1, -0.05) is 26.2 Å². The molecule has 0 amide bonds. The normalized spacial score (nSPS) is 27.2. The van der Waals surface area contributed by atoms with Gasteiger partial charge >= 0.3 is 0 Å². The SMILES string of the molecule is CCNC(=NCC1(O)CCOCC1)NCCC1CCCC(C)C1.I. The standard InChI is InChI=1S/C18H35N3O2.HI/c1-3-19-17(21-14-18(22)8-11-23-12-9-18)20-10-7-16-6-4-5-15(2)13-16;/h15-16,22H,3-14H2,1-2H3,(H2,19,20,21);1H. The van der Waals surface area contributed by atoms with E-state index in [1.165, 1.54) is 32.1 Å². The molecule has 24 heavy (non-hydrogen) atoms. The van der Waals surface area contributed by atoms with Crippen molar-refractivity contribution in [1.82, 2.24) is 10.6 Å². The highest BCUT2D eigenvalue weighted by Gasteiger charge is 2.29. The van der Waals surface area contributed by atoms with Crippen LogP contribution in [0.15, 0.2) is 4.99 Å². The van der Waals surface area contributed by atoms with Crippen LogP contribution in [-0.4, -0.2) is 49.5 Å². The second kappa shape index (κ2) is 11.5. The van der Waals surface area contributed by atoms with E-state index in [2.05, 4.69) is 29.5 Å². The minimum absolute atomic E-state index is 0. The second-order valence-electron chi connectivity index (χ2n) is 7.39. The largest absolute Gasteiger partial charge is 0.388 e. The number of hydrogen-bond acceptors (Lipinski definition) is 3. The third kappa shape index (κ3) is 7.87.